The van der Waals surface area contributed by atoms with Crippen molar-refractivity contribution in [1.82, 2.24) is 10.4 Å². The van der Waals surface area contributed by atoms with E-state index in [0.29, 0.717) is 6.42 Å². The number of benzene rings is 2. The summed E-state index contributed by atoms with van der Waals surface area (Å²) in [6, 6.07) is 12.4. The first-order valence-electron chi connectivity index (χ1n) is 7.88. The summed E-state index contributed by atoms with van der Waals surface area (Å²) in [4.78, 5) is 10.3. The lowest BCUT2D eigenvalue weighted by Crippen LogP contribution is -2.16. The molecule has 0 saturated heterocycles. The van der Waals surface area contributed by atoms with Crippen molar-refractivity contribution in [3.63, 3.8) is 0 Å². The molecule has 132 valence electrons. The van der Waals surface area contributed by atoms with E-state index in [9.17, 15) is 0 Å². The molecular weight excluding hydrogens is 340 g/mol. The topological polar surface area (TPSA) is 75.1 Å². The second-order valence-corrected chi connectivity index (χ2v) is 6.84. The Bertz CT molecular complexity index is 863. The zero-order chi connectivity index (χ0) is 17.8. The lowest BCUT2D eigenvalue weighted by molar-refractivity contribution is -0.492. The fourth-order valence-corrected chi connectivity index (χ4v) is 3.79. The lowest BCUT2D eigenvalue weighted by Gasteiger charge is -2.05. The van der Waals surface area contributed by atoms with Crippen LogP contribution in [-0.4, -0.2) is 34.5 Å². The van der Waals surface area contributed by atoms with Gasteiger partial charge in [-0.1, -0.05) is 24.3 Å². The monoisotopic (exact) mass is 360 g/mol. The van der Waals surface area contributed by atoms with E-state index in [1.54, 1.807) is 18.4 Å². The Labute approximate surface area is 149 Å². The van der Waals surface area contributed by atoms with Gasteiger partial charge in [0.2, 0.25) is 0 Å². The van der Waals surface area contributed by atoms with E-state index in [2.05, 4.69) is 34.1 Å². The van der Waals surface area contributed by atoms with Crippen LogP contribution in [0.15, 0.2) is 36.4 Å². The number of thiazole rings is 1. The highest BCUT2D eigenvalue weighted by Gasteiger charge is 2.09. The molecule has 1 aromatic heterocycles. The number of nitrogens with zero attached hydrogens (tertiary/aromatic N) is 2. The molecule has 3 aromatic rings. The van der Waals surface area contributed by atoms with Crippen LogP contribution < -0.4 is 4.74 Å². The number of rotatable bonds is 7. The summed E-state index contributed by atoms with van der Waals surface area (Å²) in [6.45, 7) is 2.14. The van der Waals surface area contributed by atoms with E-state index in [1.165, 1.54) is 10.9 Å². The zero-order valence-corrected chi connectivity index (χ0v) is 14.9. The van der Waals surface area contributed by atoms with E-state index in [0.717, 1.165) is 33.1 Å². The van der Waals surface area contributed by atoms with Crippen molar-refractivity contribution < 1.29 is 20.0 Å². The Hall–Kier alpha value is -2.03. The van der Waals surface area contributed by atoms with Crippen LogP contribution in [0.3, 0.4) is 0 Å². The fraction of sp³-hybridized carbons (Fsp3) is 0.278. The third kappa shape index (κ3) is 4.53. The van der Waals surface area contributed by atoms with Crippen LogP contribution in [0.5, 0.6) is 5.75 Å². The molecule has 0 amide bonds. The molecule has 3 rings (SSSR count). The molecule has 2 N–H and O–H groups in total. The van der Waals surface area contributed by atoms with Gasteiger partial charge in [-0.15, -0.1) is 11.3 Å². The smallest absolute Gasteiger partial charge is 0.119 e. The number of methoxy groups -OCH3 is 1. The summed E-state index contributed by atoms with van der Waals surface area (Å²) in [6.07, 6.45) is 1.35. The van der Waals surface area contributed by atoms with Crippen molar-refractivity contribution in [2.24, 2.45) is 0 Å². The average molecular weight is 360 g/mol. The van der Waals surface area contributed by atoms with Gasteiger partial charge in [0.1, 0.15) is 5.75 Å². The molecule has 0 saturated carbocycles. The van der Waals surface area contributed by atoms with Gasteiger partial charge in [0.25, 0.3) is 0 Å². The number of ether oxygens (including phenoxy) is 1. The van der Waals surface area contributed by atoms with Crippen LogP contribution in [0.1, 0.15) is 21.1 Å². The summed E-state index contributed by atoms with van der Waals surface area (Å²) in [7, 11) is 1.67. The standard InChI is InChI=1S/C18H20N2O4S/c1-12-17(7-8-24-20(21)22)25-18(19-12)10-13-3-4-15-11-16(23-2)6-5-14(15)9-13/h3-6,9,11,21-22H,7-8,10H2,1-2H3. The molecule has 7 heteroatoms. The summed E-state index contributed by atoms with van der Waals surface area (Å²) < 4.78 is 5.26. The van der Waals surface area contributed by atoms with Crippen LogP contribution in [0.4, 0.5) is 0 Å². The number of fused-ring (bicyclic) bond motifs is 1. The van der Waals surface area contributed by atoms with Crippen molar-refractivity contribution in [2.45, 2.75) is 19.8 Å². The molecule has 0 unspecified atom stereocenters. The molecule has 0 radical (unpaired) electrons. The number of hydrogen-bond acceptors (Lipinski definition) is 7. The Morgan fingerprint density at radius 1 is 1.12 bits per heavy atom. The first kappa shape index (κ1) is 17.8. The summed E-state index contributed by atoms with van der Waals surface area (Å²) in [5, 5.41) is 20.2. The molecule has 0 atom stereocenters. The molecule has 0 spiro atoms. The van der Waals surface area contributed by atoms with Gasteiger partial charge in [-0.05, 0) is 35.4 Å². The SMILES string of the molecule is COc1ccc2cc(Cc3nc(C)c(CCON(O)O)s3)ccc2c1. The van der Waals surface area contributed by atoms with Gasteiger partial charge in [0.15, 0.2) is 0 Å². The van der Waals surface area contributed by atoms with Gasteiger partial charge < -0.3 is 4.74 Å². The molecule has 0 aliphatic carbocycles. The Morgan fingerprint density at radius 3 is 2.64 bits per heavy atom. The van der Waals surface area contributed by atoms with Crippen molar-refractivity contribution in [2.75, 3.05) is 13.7 Å². The van der Waals surface area contributed by atoms with E-state index < -0.39 is 0 Å². The van der Waals surface area contributed by atoms with Crippen LogP contribution in [0, 0.1) is 6.92 Å². The Morgan fingerprint density at radius 2 is 1.88 bits per heavy atom. The summed E-state index contributed by atoms with van der Waals surface area (Å²) in [5.41, 5.74) is 2.16. The quantitative estimate of drug-likeness (QED) is 0.625. The number of hydrogen-bond donors (Lipinski definition) is 2. The molecule has 1 heterocycles. The van der Waals surface area contributed by atoms with Gasteiger partial charge in [-0.3, -0.25) is 15.3 Å². The highest BCUT2D eigenvalue weighted by Crippen LogP contribution is 2.25. The van der Waals surface area contributed by atoms with Gasteiger partial charge in [0, 0.05) is 17.7 Å². The number of aryl methyl sites for hydroxylation is 1. The van der Waals surface area contributed by atoms with Crippen molar-refractivity contribution in [1.29, 1.82) is 0 Å². The van der Waals surface area contributed by atoms with Crippen molar-refractivity contribution >= 4 is 22.1 Å². The third-order valence-corrected chi connectivity index (χ3v) is 5.16. The maximum Gasteiger partial charge on any atom is 0.119 e. The van der Waals surface area contributed by atoms with Gasteiger partial charge >= 0.3 is 0 Å². The Balaban J connectivity index is 1.72. The van der Waals surface area contributed by atoms with Gasteiger partial charge in [-0.25, -0.2) is 4.98 Å². The molecule has 0 aliphatic rings. The second kappa shape index (κ2) is 7.90. The summed E-state index contributed by atoms with van der Waals surface area (Å²) in [5.74, 6) is 0.854. The molecule has 25 heavy (non-hydrogen) atoms. The summed E-state index contributed by atoms with van der Waals surface area (Å²) >= 11 is 1.62. The lowest BCUT2D eigenvalue weighted by atomic mass is 10.1. The highest BCUT2D eigenvalue weighted by atomic mass is 32.1. The van der Waals surface area contributed by atoms with E-state index in [4.69, 9.17) is 15.2 Å². The van der Waals surface area contributed by atoms with Crippen LogP contribution in [-0.2, 0) is 17.7 Å². The van der Waals surface area contributed by atoms with Crippen LogP contribution in [0.2, 0.25) is 0 Å². The maximum atomic E-state index is 8.57. The van der Waals surface area contributed by atoms with Crippen LogP contribution >= 0.6 is 11.3 Å². The van der Waals surface area contributed by atoms with E-state index in [1.807, 2.05) is 19.1 Å². The normalized spacial score (nSPS) is 11.4. The molecular formula is C18H20N2O4S. The minimum absolute atomic E-state index is 0.188. The fourth-order valence-electron chi connectivity index (χ4n) is 2.70. The minimum atomic E-state index is -0.263. The predicted octanol–water partition coefficient (Wildman–Crippen LogP) is 3.76. The third-order valence-electron chi connectivity index (χ3n) is 3.94. The van der Waals surface area contributed by atoms with E-state index in [-0.39, 0.29) is 12.0 Å². The van der Waals surface area contributed by atoms with Crippen molar-refractivity contribution in [3.05, 3.63) is 57.5 Å². The molecule has 6 nitrogen and oxygen atoms in total. The molecule has 0 fully saturated rings. The second-order valence-electron chi connectivity index (χ2n) is 5.68. The predicted molar refractivity (Wildman–Crippen MR) is 95.2 cm³/mol. The highest BCUT2D eigenvalue weighted by molar-refractivity contribution is 7.11. The molecule has 2 aromatic carbocycles. The zero-order valence-electron chi connectivity index (χ0n) is 14.1. The van der Waals surface area contributed by atoms with Gasteiger partial charge in [0.05, 0.1) is 29.8 Å². The largest absolute Gasteiger partial charge is 0.497 e. The molecule has 0 bridgehead atoms. The molecule has 0 aliphatic heterocycles. The van der Waals surface area contributed by atoms with Gasteiger partial charge in [-0.2, -0.15) is 0 Å². The Kier molecular flexibility index (Phi) is 5.62. The average Bonchev–Trinajstić information content (AvgIpc) is 2.93. The first-order valence-corrected chi connectivity index (χ1v) is 8.69. The maximum absolute atomic E-state index is 8.57. The first-order chi connectivity index (χ1) is 12.0. The number of aromatic nitrogens is 1. The van der Waals surface area contributed by atoms with Crippen LogP contribution in [0.25, 0.3) is 10.8 Å². The van der Waals surface area contributed by atoms with Crippen molar-refractivity contribution in [3.8, 4) is 5.75 Å². The van der Waals surface area contributed by atoms with E-state index >= 15 is 0 Å². The minimum Gasteiger partial charge on any atom is -0.497 e.